The average molecular weight is 519 g/mol. The van der Waals surface area contributed by atoms with Crippen LogP contribution in [0, 0.1) is 11.7 Å². The van der Waals surface area contributed by atoms with E-state index < -0.39 is 17.3 Å². The van der Waals surface area contributed by atoms with Gasteiger partial charge in [-0.2, -0.15) is 13.2 Å². The lowest BCUT2D eigenvalue weighted by Gasteiger charge is -2.47. The van der Waals surface area contributed by atoms with E-state index in [1.807, 2.05) is 26.0 Å². The smallest absolute Gasteiger partial charge is 0.363 e. The second-order valence-electron chi connectivity index (χ2n) is 11.1. The summed E-state index contributed by atoms with van der Waals surface area (Å²) in [6, 6.07) is 10.8. The highest BCUT2D eigenvalue weighted by atomic mass is 19.4. The first-order chi connectivity index (χ1) is 17.6. The second-order valence-corrected chi connectivity index (χ2v) is 11.1. The molecular formula is C29H34F4N2O2. The Morgan fingerprint density at radius 3 is 2.27 bits per heavy atom. The summed E-state index contributed by atoms with van der Waals surface area (Å²) in [6.07, 6.45) is -0.970. The zero-order valence-electron chi connectivity index (χ0n) is 21.4. The minimum Gasteiger partial charge on any atom is -0.363 e. The highest BCUT2D eigenvalue weighted by Gasteiger charge is 2.49. The second kappa shape index (κ2) is 10.0. The van der Waals surface area contributed by atoms with Gasteiger partial charge in [-0.1, -0.05) is 32.0 Å². The predicted octanol–water partition coefficient (Wildman–Crippen LogP) is 6.14. The molecule has 37 heavy (non-hydrogen) atoms. The van der Waals surface area contributed by atoms with Crippen molar-refractivity contribution >= 4 is 5.91 Å². The monoisotopic (exact) mass is 518 g/mol. The minimum absolute atomic E-state index is 0.0559. The highest BCUT2D eigenvalue weighted by molar-refractivity contribution is 5.86. The molecule has 4 nitrogen and oxygen atoms in total. The van der Waals surface area contributed by atoms with Gasteiger partial charge in [-0.15, -0.1) is 0 Å². The molecule has 0 N–H and O–H groups in total. The van der Waals surface area contributed by atoms with Gasteiger partial charge in [0.25, 0.3) is 5.91 Å². The number of nitrogens with zero attached hydrogens (tertiary/aromatic N) is 2. The molecule has 0 bridgehead atoms. The predicted molar refractivity (Wildman–Crippen MR) is 132 cm³/mol. The molecule has 2 fully saturated rings. The third-order valence-electron chi connectivity index (χ3n) is 8.61. The first kappa shape index (κ1) is 26.2. The Labute approximate surface area is 215 Å². The number of hydrogen-bond donors (Lipinski definition) is 0. The Hall–Kier alpha value is -2.45. The largest absolute Gasteiger partial charge is 0.416 e. The van der Waals surface area contributed by atoms with Crippen LogP contribution in [0.5, 0.6) is 0 Å². The van der Waals surface area contributed by atoms with E-state index in [-0.39, 0.29) is 30.2 Å². The number of carbonyl (C=O) groups is 1. The van der Waals surface area contributed by atoms with Gasteiger partial charge in [-0.3, -0.25) is 9.69 Å². The molecule has 200 valence electrons. The van der Waals surface area contributed by atoms with Gasteiger partial charge in [0.1, 0.15) is 11.4 Å². The molecule has 0 aliphatic carbocycles. The van der Waals surface area contributed by atoms with Gasteiger partial charge in [0.15, 0.2) is 0 Å². The molecule has 0 spiro atoms. The zero-order valence-corrected chi connectivity index (χ0v) is 21.4. The van der Waals surface area contributed by atoms with Gasteiger partial charge < -0.3 is 9.64 Å². The van der Waals surface area contributed by atoms with Crippen molar-refractivity contribution in [1.29, 1.82) is 0 Å². The van der Waals surface area contributed by atoms with Crippen molar-refractivity contribution in [2.75, 3.05) is 19.7 Å². The summed E-state index contributed by atoms with van der Waals surface area (Å²) in [4.78, 5) is 17.9. The third kappa shape index (κ3) is 5.15. The number of fused-ring (bicyclic) bond motifs is 1. The fourth-order valence-corrected chi connectivity index (χ4v) is 6.26. The molecule has 3 aliphatic rings. The van der Waals surface area contributed by atoms with Crippen LogP contribution in [-0.2, 0) is 28.8 Å². The molecule has 8 heteroatoms. The van der Waals surface area contributed by atoms with E-state index in [1.165, 1.54) is 23.8 Å². The van der Waals surface area contributed by atoms with Crippen LogP contribution in [0.4, 0.5) is 17.6 Å². The van der Waals surface area contributed by atoms with Gasteiger partial charge >= 0.3 is 6.18 Å². The number of carbonyl (C=O) groups excluding carboxylic acids is 1. The summed E-state index contributed by atoms with van der Waals surface area (Å²) < 4.78 is 59.2. The van der Waals surface area contributed by atoms with E-state index in [0.29, 0.717) is 31.1 Å². The molecule has 1 amide bonds. The fourth-order valence-electron chi connectivity index (χ4n) is 6.26. The number of amides is 1. The van der Waals surface area contributed by atoms with Crippen LogP contribution in [0.15, 0.2) is 42.5 Å². The average Bonchev–Trinajstić information content (AvgIpc) is 3.32. The summed E-state index contributed by atoms with van der Waals surface area (Å²) in [6.45, 7) is 6.78. The lowest BCUT2D eigenvalue weighted by molar-refractivity contribution is -0.181. The lowest BCUT2D eigenvalue weighted by atomic mass is 9.80. The van der Waals surface area contributed by atoms with E-state index in [4.69, 9.17) is 4.74 Å². The maximum absolute atomic E-state index is 13.8. The molecule has 0 unspecified atom stereocenters. The van der Waals surface area contributed by atoms with Crippen LogP contribution < -0.4 is 0 Å². The standard InChI is InChI=1S/C29H34F4N2O2/c1-19(2)28(27(36)35-16-22-3-6-24(29(31,32)33)15-23(22)17-35)12-9-26(18-37-28)34-13-10-21(11-14-34)20-4-7-25(30)8-5-20/h3-8,15,19,21,26H,9-14,16-18H2,1-2H3/t26-,28+/m1/s1. The Kier molecular flexibility index (Phi) is 7.09. The van der Waals surface area contributed by atoms with E-state index in [2.05, 4.69) is 4.90 Å². The Morgan fingerprint density at radius 2 is 1.68 bits per heavy atom. The van der Waals surface area contributed by atoms with E-state index in [1.54, 1.807) is 4.90 Å². The SMILES string of the molecule is CC(C)[C@]1(C(=O)N2Cc3ccc(C(F)(F)F)cc3C2)CC[C@@H](N2CCC(c3ccc(F)cc3)CC2)CO1. The van der Waals surface area contributed by atoms with Crippen LogP contribution in [0.2, 0.25) is 0 Å². The van der Waals surface area contributed by atoms with Crippen LogP contribution in [0.3, 0.4) is 0 Å². The molecule has 0 saturated carbocycles. The first-order valence-corrected chi connectivity index (χ1v) is 13.2. The van der Waals surface area contributed by atoms with Crippen LogP contribution in [0.25, 0.3) is 0 Å². The molecule has 0 radical (unpaired) electrons. The van der Waals surface area contributed by atoms with Crippen LogP contribution in [0.1, 0.15) is 67.7 Å². The number of rotatable bonds is 4. The molecule has 3 aliphatic heterocycles. The topological polar surface area (TPSA) is 32.8 Å². The zero-order chi connectivity index (χ0) is 26.4. The number of piperidine rings is 1. The van der Waals surface area contributed by atoms with E-state index >= 15 is 0 Å². The number of alkyl halides is 3. The minimum atomic E-state index is -4.40. The number of likely N-dealkylation sites (tertiary alicyclic amines) is 1. The molecular weight excluding hydrogens is 484 g/mol. The van der Waals surface area contributed by atoms with Crippen molar-refractivity contribution in [3.8, 4) is 0 Å². The number of ether oxygens (including phenoxy) is 1. The molecule has 2 aromatic carbocycles. The van der Waals surface area contributed by atoms with Crippen molar-refractivity contribution in [3.63, 3.8) is 0 Å². The summed E-state index contributed by atoms with van der Waals surface area (Å²) in [7, 11) is 0. The summed E-state index contributed by atoms with van der Waals surface area (Å²) >= 11 is 0. The van der Waals surface area contributed by atoms with Gasteiger partial charge in [0, 0.05) is 19.1 Å². The number of halogens is 4. The lowest BCUT2D eigenvalue weighted by Crippen LogP contribution is -2.58. The van der Waals surface area contributed by atoms with Gasteiger partial charge in [0.2, 0.25) is 0 Å². The normalized spacial score (nSPS) is 25.5. The summed E-state index contributed by atoms with van der Waals surface area (Å²) in [5.41, 5.74) is 0.855. The highest BCUT2D eigenvalue weighted by Crippen LogP contribution is 2.40. The molecule has 2 atom stereocenters. The quantitative estimate of drug-likeness (QED) is 0.456. The summed E-state index contributed by atoms with van der Waals surface area (Å²) in [5, 5.41) is 0. The first-order valence-electron chi connectivity index (χ1n) is 13.2. The molecule has 5 rings (SSSR count). The van der Waals surface area contributed by atoms with Crippen molar-refractivity contribution in [1.82, 2.24) is 9.80 Å². The Bertz CT molecular complexity index is 1120. The van der Waals surface area contributed by atoms with Gasteiger partial charge in [0.05, 0.1) is 12.2 Å². The Morgan fingerprint density at radius 1 is 1.00 bits per heavy atom. The van der Waals surface area contributed by atoms with E-state index in [9.17, 15) is 22.4 Å². The van der Waals surface area contributed by atoms with Gasteiger partial charge in [-0.25, -0.2) is 4.39 Å². The third-order valence-corrected chi connectivity index (χ3v) is 8.61. The molecule has 0 aromatic heterocycles. The van der Waals surface area contributed by atoms with Crippen LogP contribution >= 0.6 is 0 Å². The maximum atomic E-state index is 13.8. The fraction of sp³-hybridized carbons (Fsp3) is 0.552. The van der Waals surface area contributed by atoms with Crippen molar-refractivity contribution < 1.29 is 27.1 Å². The Balaban J connectivity index is 1.20. The number of benzene rings is 2. The van der Waals surface area contributed by atoms with Gasteiger partial charge in [-0.05, 0) is 91.6 Å². The van der Waals surface area contributed by atoms with Crippen molar-refractivity contribution in [2.24, 2.45) is 5.92 Å². The van der Waals surface area contributed by atoms with Crippen LogP contribution in [-0.4, -0.2) is 47.0 Å². The van der Waals surface area contributed by atoms with Crippen molar-refractivity contribution in [2.45, 2.75) is 76.4 Å². The van der Waals surface area contributed by atoms with Crippen molar-refractivity contribution in [3.05, 3.63) is 70.5 Å². The van der Waals surface area contributed by atoms with E-state index in [0.717, 1.165) is 50.0 Å². The number of hydrogen-bond acceptors (Lipinski definition) is 3. The molecule has 2 saturated heterocycles. The molecule has 3 heterocycles. The maximum Gasteiger partial charge on any atom is 0.416 e. The molecule has 2 aromatic rings. The summed E-state index contributed by atoms with van der Waals surface area (Å²) in [5.74, 6) is 0.0280.